The van der Waals surface area contributed by atoms with Crippen LogP contribution in [0.3, 0.4) is 0 Å². The summed E-state index contributed by atoms with van der Waals surface area (Å²) in [5.41, 5.74) is 0.685. The number of nitrogens with one attached hydrogen (secondary N) is 1. The van der Waals surface area contributed by atoms with Gasteiger partial charge in [-0.1, -0.05) is 20.8 Å². The number of anilines is 2. The Kier molecular flexibility index (Phi) is 5.15. The molecule has 0 aliphatic heterocycles. The molecule has 19 heavy (non-hydrogen) atoms. The third kappa shape index (κ3) is 3.82. The van der Waals surface area contributed by atoms with Gasteiger partial charge in [0.25, 0.3) is 10.9 Å². The molecule has 108 valence electrons. The SMILES string of the molecule is CCN(CC)c1c(NCCCC(C)(C)C)c(=O)c1=O. The minimum atomic E-state index is -0.363. The van der Waals surface area contributed by atoms with Crippen molar-refractivity contribution < 1.29 is 0 Å². The van der Waals surface area contributed by atoms with E-state index in [4.69, 9.17) is 0 Å². The van der Waals surface area contributed by atoms with Crippen molar-refractivity contribution in [2.24, 2.45) is 5.41 Å². The normalized spacial score (nSPS) is 11.8. The third-order valence-corrected chi connectivity index (χ3v) is 3.37. The Morgan fingerprint density at radius 3 is 2.11 bits per heavy atom. The minimum Gasteiger partial charge on any atom is -0.380 e. The lowest BCUT2D eigenvalue weighted by Gasteiger charge is -2.25. The summed E-state index contributed by atoms with van der Waals surface area (Å²) in [6, 6.07) is 0. The maximum absolute atomic E-state index is 11.6. The van der Waals surface area contributed by atoms with Gasteiger partial charge in [0, 0.05) is 19.6 Å². The van der Waals surface area contributed by atoms with Crippen molar-refractivity contribution in [3.05, 3.63) is 20.4 Å². The highest BCUT2D eigenvalue weighted by atomic mass is 16.2. The van der Waals surface area contributed by atoms with Crippen LogP contribution < -0.4 is 21.1 Å². The van der Waals surface area contributed by atoms with Crippen LogP contribution in [0.1, 0.15) is 47.5 Å². The van der Waals surface area contributed by atoms with Crippen LogP contribution in [0.4, 0.5) is 11.4 Å². The summed E-state index contributed by atoms with van der Waals surface area (Å²) in [6.07, 6.45) is 2.09. The predicted octanol–water partition coefficient (Wildman–Crippen LogP) is 2.37. The lowest BCUT2D eigenvalue weighted by molar-refractivity contribution is 0.370. The molecule has 0 saturated carbocycles. The highest BCUT2D eigenvalue weighted by Crippen LogP contribution is 2.22. The van der Waals surface area contributed by atoms with Gasteiger partial charge in [-0.15, -0.1) is 0 Å². The van der Waals surface area contributed by atoms with Gasteiger partial charge in [-0.05, 0) is 32.1 Å². The molecule has 0 aromatic heterocycles. The first-order valence-electron chi connectivity index (χ1n) is 7.14. The van der Waals surface area contributed by atoms with Crippen molar-refractivity contribution in [3.8, 4) is 0 Å². The van der Waals surface area contributed by atoms with Crippen LogP contribution in [0.25, 0.3) is 0 Å². The fourth-order valence-electron chi connectivity index (χ4n) is 2.22. The molecule has 1 rings (SSSR count). The zero-order valence-corrected chi connectivity index (χ0v) is 12.8. The van der Waals surface area contributed by atoms with Crippen LogP contribution in [0, 0.1) is 5.41 Å². The van der Waals surface area contributed by atoms with Gasteiger partial charge in [0.1, 0.15) is 11.4 Å². The molecule has 0 heterocycles. The fourth-order valence-corrected chi connectivity index (χ4v) is 2.22. The number of rotatable bonds is 7. The van der Waals surface area contributed by atoms with Crippen LogP contribution >= 0.6 is 0 Å². The summed E-state index contributed by atoms with van der Waals surface area (Å²) in [4.78, 5) is 25.2. The largest absolute Gasteiger partial charge is 0.380 e. The molecule has 1 N–H and O–H groups in total. The Labute approximate surface area is 115 Å². The lowest BCUT2D eigenvalue weighted by atomic mass is 9.90. The van der Waals surface area contributed by atoms with E-state index in [-0.39, 0.29) is 10.9 Å². The van der Waals surface area contributed by atoms with Crippen LogP contribution in [0.15, 0.2) is 9.59 Å². The average Bonchev–Trinajstić information content (AvgIpc) is 2.35. The molecular formula is C15H26N2O2. The highest BCUT2D eigenvalue weighted by Gasteiger charge is 2.24. The first-order valence-corrected chi connectivity index (χ1v) is 7.14. The van der Waals surface area contributed by atoms with Crippen molar-refractivity contribution in [1.29, 1.82) is 0 Å². The summed E-state index contributed by atoms with van der Waals surface area (Å²) >= 11 is 0. The average molecular weight is 266 g/mol. The van der Waals surface area contributed by atoms with Crippen LogP contribution in [0.5, 0.6) is 0 Å². The minimum absolute atomic E-state index is 0.303. The summed E-state index contributed by atoms with van der Waals surface area (Å²) in [5, 5.41) is 3.14. The first kappa shape index (κ1) is 15.7. The molecule has 0 atom stereocenters. The van der Waals surface area contributed by atoms with Crippen LogP contribution in [0.2, 0.25) is 0 Å². The molecule has 0 amide bonds. The van der Waals surface area contributed by atoms with Gasteiger partial charge >= 0.3 is 0 Å². The van der Waals surface area contributed by atoms with E-state index in [9.17, 15) is 9.59 Å². The summed E-state index contributed by atoms with van der Waals surface area (Å²) in [7, 11) is 0. The Hall–Kier alpha value is -1.32. The maximum atomic E-state index is 11.6. The van der Waals surface area contributed by atoms with Gasteiger partial charge in [-0.2, -0.15) is 0 Å². The van der Waals surface area contributed by atoms with Crippen molar-refractivity contribution in [2.75, 3.05) is 29.9 Å². The van der Waals surface area contributed by atoms with Gasteiger partial charge in [0.15, 0.2) is 0 Å². The van der Waals surface area contributed by atoms with E-state index in [0.717, 1.165) is 32.5 Å². The molecule has 0 spiro atoms. The van der Waals surface area contributed by atoms with Crippen molar-refractivity contribution >= 4 is 11.4 Å². The topological polar surface area (TPSA) is 49.4 Å². The molecule has 0 bridgehead atoms. The Morgan fingerprint density at radius 2 is 1.63 bits per heavy atom. The van der Waals surface area contributed by atoms with E-state index in [2.05, 4.69) is 26.1 Å². The predicted molar refractivity (Wildman–Crippen MR) is 82.1 cm³/mol. The zero-order chi connectivity index (χ0) is 14.6. The molecular weight excluding hydrogens is 240 g/mol. The van der Waals surface area contributed by atoms with Gasteiger partial charge in [-0.3, -0.25) is 9.59 Å². The molecule has 0 saturated heterocycles. The van der Waals surface area contributed by atoms with Gasteiger partial charge in [0.05, 0.1) is 0 Å². The van der Waals surface area contributed by atoms with Gasteiger partial charge in [-0.25, -0.2) is 0 Å². The molecule has 0 aliphatic rings. The first-order chi connectivity index (χ1) is 8.81. The standard InChI is InChI=1S/C15H26N2O2/c1-6-17(7-2)12-11(13(18)14(12)19)16-10-8-9-15(3,4)5/h16H,6-10H2,1-5H3. The zero-order valence-electron chi connectivity index (χ0n) is 12.8. The second kappa shape index (κ2) is 6.22. The maximum Gasteiger partial charge on any atom is 0.253 e. The van der Waals surface area contributed by atoms with E-state index < -0.39 is 0 Å². The fraction of sp³-hybridized carbons (Fsp3) is 0.733. The van der Waals surface area contributed by atoms with Gasteiger partial charge < -0.3 is 10.2 Å². The van der Waals surface area contributed by atoms with Gasteiger partial charge in [0.2, 0.25) is 0 Å². The Morgan fingerprint density at radius 1 is 1.05 bits per heavy atom. The number of hydrogen-bond donors (Lipinski definition) is 1. The van der Waals surface area contributed by atoms with E-state index in [1.54, 1.807) is 0 Å². The van der Waals surface area contributed by atoms with Crippen molar-refractivity contribution in [1.82, 2.24) is 0 Å². The lowest BCUT2D eigenvalue weighted by Crippen LogP contribution is -2.42. The van der Waals surface area contributed by atoms with E-state index >= 15 is 0 Å². The quantitative estimate of drug-likeness (QED) is 0.608. The smallest absolute Gasteiger partial charge is 0.253 e. The van der Waals surface area contributed by atoms with Crippen LogP contribution in [-0.4, -0.2) is 19.6 Å². The Balaban J connectivity index is 2.62. The molecule has 4 nitrogen and oxygen atoms in total. The van der Waals surface area contributed by atoms with Crippen LogP contribution in [-0.2, 0) is 0 Å². The molecule has 4 heteroatoms. The molecule has 0 fully saturated rings. The monoisotopic (exact) mass is 266 g/mol. The van der Waals surface area contributed by atoms with Crippen molar-refractivity contribution in [3.63, 3.8) is 0 Å². The second-order valence-electron chi connectivity index (χ2n) is 6.15. The molecule has 1 aromatic rings. The summed E-state index contributed by atoms with van der Waals surface area (Å²) in [6.45, 7) is 12.8. The van der Waals surface area contributed by atoms with E-state index in [0.29, 0.717) is 16.8 Å². The Bertz CT molecular complexity index is 475. The number of hydrogen-bond acceptors (Lipinski definition) is 4. The molecule has 0 aliphatic carbocycles. The molecule has 0 unspecified atom stereocenters. The molecule has 1 aromatic carbocycles. The highest BCUT2D eigenvalue weighted by molar-refractivity contribution is 5.75. The van der Waals surface area contributed by atoms with E-state index in [1.165, 1.54) is 0 Å². The molecule has 0 radical (unpaired) electrons. The second-order valence-corrected chi connectivity index (χ2v) is 6.15. The summed E-state index contributed by atoms with van der Waals surface area (Å²) in [5.74, 6) is 0. The van der Waals surface area contributed by atoms with Crippen molar-refractivity contribution in [2.45, 2.75) is 47.5 Å². The van der Waals surface area contributed by atoms with E-state index in [1.807, 2.05) is 18.7 Å². The summed E-state index contributed by atoms with van der Waals surface area (Å²) < 4.78 is 0. The third-order valence-electron chi connectivity index (χ3n) is 3.37. The number of nitrogens with zero attached hydrogens (tertiary/aromatic N) is 1.